The Morgan fingerprint density at radius 3 is 1.92 bits per heavy atom. The average Bonchev–Trinajstić information content (AvgIpc) is 1.80. The lowest BCUT2D eigenvalue weighted by Gasteiger charge is -2.23. The number of hydrogen-bond donors (Lipinski definition) is 0. The van der Waals surface area contributed by atoms with E-state index >= 15 is 0 Å². The zero-order chi connectivity index (χ0) is 9.99. The normalized spacial score (nSPS) is 14.2. The second-order valence-corrected chi connectivity index (χ2v) is 7.29. The molecule has 0 saturated heterocycles. The van der Waals surface area contributed by atoms with E-state index in [-0.39, 0.29) is 10.6 Å². The van der Waals surface area contributed by atoms with Crippen molar-refractivity contribution in [1.82, 2.24) is 0 Å². The highest BCUT2D eigenvalue weighted by molar-refractivity contribution is 7.49. The SMILES string of the molecule is C=C[P+](=O)C(C)(C)CC(C)(C)C. The molecule has 0 N–H and O–H groups in total. The van der Waals surface area contributed by atoms with Gasteiger partial charge in [0.1, 0.15) is 5.82 Å². The van der Waals surface area contributed by atoms with E-state index < -0.39 is 7.80 Å². The summed E-state index contributed by atoms with van der Waals surface area (Å²) in [6.45, 7) is 14.2. The monoisotopic (exact) mass is 187 g/mol. The molecule has 0 aromatic rings. The van der Waals surface area contributed by atoms with Crippen molar-refractivity contribution in [2.75, 3.05) is 0 Å². The van der Waals surface area contributed by atoms with E-state index in [9.17, 15) is 4.57 Å². The Hall–Kier alpha value is -0.160. The van der Waals surface area contributed by atoms with E-state index in [1.165, 1.54) is 0 Å². The molecule has 1 nitrogen and oxygen atoms in total. The predicted octanol–water partition coefficient (Wildman–Crippen LogP) is 4.17. The number of rotatable bonds is 3. The Balaban J connectivity index is 4.42. The van der Waals surface area contributed by atoms with Crippen molar-refractivity contribution in [2.24, 2.45) is 5.41 Å². The third kappa shape index (κ3) is 4.01. The van der Waals surface area contributed by atoms with Crippen LogP contribution in [0.3, 0.4) is 0 Å². The van der Waals surface area contributed by atoms with Gasteiger partial charge in [-0.1, -0.05) is 31.9 Å². The van der Waals surface area contributed by atoms with Crippen LogP contribution in [0, 0.1) is 5.41 Å². The lowest BCUT2D eigenvalue weighted by atomic mass is 9.86. The van der Waals surface area contributed by atoms with E-state index in [0.29, 0.717) is 0 Å². The molecule has 70 valence electrons. The van der Waals surface area contributed by atoms with Gasteiger partial charge < -0.3 is 0 Å². The van der Waals surface area contributed by atoms with Crippen LogP contribution in [0.4, 0.5) is 0 Å². The first-order valence-electron chi connectivity index (χ1n) is 4.28. The highest BCUT2D eigenvalue weighted by Crippen LogP contribution is 2.46. The quantitative estimate of drug-likeness (QED) is 0.606. The second kappa shape index (κ2) is 3.70. The van der Waals surface area contributed by atoms with Gasteiger partial charge in [-0.3, -0.25) is 0 Å². The minimum absolute atomic E-state index is 0.116. The molecule has 2 heteroatoms. The summed E-state index contributed by atoms with van der Waals surface area (Å²) in [6.07, 6.45) is 0.960. The van der Waals surface area contributed by atoms with Crippen molar-refractivity contribution < 1.29 is 4.57 Å². The van der Waals surface area contributed by atoms with Crippen LogP contribution < -0.4 is 0 Å². The highest BCUT2D eigenvalue weighted by atomic mass is 31.1. The summed E-state index contributed by atoms with van der Waals surface area (Å²) < 4.78 is 11.5. The average molecular weight is 187 g/mol. The van der Waals surface area contributed by atoms with Crippen molar-refractivity contribution in [3.05, 3.63) is 12.4 Å². The molecular weight excluding hydrogens is 167 g/mol. The molecule has 0 aliphatic heterocycles. The van der Waals surface area contributed by atoms with Gasteiger partial charge in [0.25, 0.3) is 0 Å². The molecular formula is C10H20OP+. The topological polar surface area (TPSA) is 17.1 Å². The molecule has 0 aliphatic carbocycles. The first-order valence-corrected chi connectivity index (χ1v) is 5.61. The fourth-order valence-corrected chi connectivity index (χ4v) is 2.75. The van der Waals surface area contributed by atoms with Gasteiger partial charge >= 0.3 is 7.80 Å². The van der Waals surface area contributed by atoms with Gasteiger partial charge in [-0.25, -0.2) is 0 Å². The fraction of sp³-hybridized carbons (Fsp3) is 0.800. The Morgan fingerprint density at radius 2 is 1.67 bits per heavy atom. The second-order valence-electron chi connectivity index (χ2n) is 5.06. The number of hydrogen-bond acceptors (Lipinski definition) is 1. The highest BCUT2D eigenvalue weighted by Gasteiger charge is 2.40. The molecule has 0 aromatic heterocycles. The van der Waals surface area contributed by atoms with E-state index in [2.05, 4.69) is 27.4 Å². The predicted molar refractivity (Wildman–Crippen MR) is 56.0 cm³/mol. The maximum atomic E-state index is 11.5. The van der Waals surface area contributed by atoms with Gasteiger partial charge in [-0.2, -0.15) is 0 Å². The molecule has 0 rings (SSSR count). The van der Waals surface area contributed by atoms with Crippen molar-refractivity contribution in [2.45, 2.75) is 46.2 Å². The van der Waals surface area contributed by atoms with Crippen molar-refractivity contribution in [3.63, 3.8) is 0 Å². The molecule has 0 radical (unpaired) electrons. The van der Waals surface area contributed by atoms with Gasteiger partial charge in [0.15, 0.2) is 5.16 Å². The summed E-state index contributed by atoms with van der Waals surface area (Å²) in [7, 11) is -1.27. The van der Waals surface area contributed by atoms with Crippen LogP contribution in [0.15, 0.2) is 12.4 Å². The molecule has 0 fully saturated rings. The minimum atomic E-state index is -1.27. The van der Waals surface area contributed by atoms with Crippen LogP contribution in [0.25, 0.3) is 0 Å². The zero-order valence-electron chi connectivity index (χ0n) is 8.85. The molecule has 1 atom stereocenters. The summed E-state index contributed by atoms with van der Waals surface area (Å²) in [5, 5.41) is -0.116. The summed E-state index contributed by atoms with van der Waals surface area (Å²) in [5.41, 5.74) is 0.234. The van der Waals surface area contributed by atoms with Crippen molar-refractivity contribution in [3.8, 4) is 0 Å². The molecule has 0 amide bonds. The third-order valence-corrected chi connectivity index (χ3v) is 3.41. The molecule has 0 bridgehead atoms. The summed E-state index contributed by atoms with van der Waals surface area (Å²) in [5.74, 6) is 1.57. The van der Waals surface area contributed by atoms with Gasteiger partial charge in [-0.05, 0) is 19.3 Å². The zero-order valence-corrected chi connectivity index (χ0v) is 9.74. The van der Waals surface area contributed by atoms with E-state index in [4.69, 9.17) is 0 Å². The van der Waals surface area contributed by atoms with Crippen molar-refractivity contribution in [1.29, 1.82) is 0 Å². The van der Waals surface area contributed by atoms with Crippen molar-refractivity contribution >= 4 is 7.80 Å². The smallest absolute Gasteiger partial charge is 0.0682 e. The first-order chi connectivity index (χ1) is 5.19. The van der Waals surface area contributed by atoms with Crippen LogP contribution in [-0.4, -0.2) is 5.16 Å². The lowest BCUT2D eigenvalue weighted by Crippen LogP contribution is -2.22. The Bertz CT molecular complexity index is 187. The molecule has 0 heterocycles. The molecule has 0 spiro atoms. The van der Waals surface area contributed by atoms with E-state index in [1.54, 1.807) is 5.82 Å². The molecule has 0 aliphatic rings. The van der Waals surface area contributed by atoms with Gasteiger partial charge in [0.2, 0.25) is 0 Å². The Morgan fingerprint density at radius 1 is 1.25 bits per heavy atom. The molecule has 0 saturated carbocycles. The third-order valence-electron chi connectivity index (χ3n) is 1.73. The van der Waals surface area contributed by atoms with Crippen LogP contribution in [0.1, 0.15) is 41.0 Å². The minimum Gasteiger partial charge on any atom is -0.0682 e. The summed E-state index contributed by atoms with van der Waals surface area (Å²) in [6, 6.07) is 0. The fourth-order valence-electron chi connectivity index (χ4n) is 1.62. The van der Waals surface area contributed by atoms with Crippen LogP contribution in [0.5, 0.6) is 0 Å². The largest absolute Gasteiger partial charge is 0.374 e. The first kappa shape index (κ1) is 11.8. The van der Waals surface area contributed by atoms with Gasteiger partial charge in [0, 0.05) is 6.42 Å². The molecule has 0 aromatic carbocycles. The van der Waals surface area contributed by atoms with Crippen LogP contribution in [0.2, 0.25) is 0 Å². The van der Waals surface area contributed by atoms with Crippen LogP contribution >= 0.6 is 7.80 Å². The Kier molecular flexibility index (Phi) is 3.65. The lowest BCUT2D eigenvalue weighted by molar-refractivity contribution is 0.332. The van der Waals surface area contributed by atoms with Gasteiger partial charge in [0.05, 0.1) is 0 Å². The van der Waals surface area contributed by atoms with E-state index in [1.807, 2.05) is 13.8 Å². The summed E-state index contributed by atoms with van der Waals surface area (Å²) >= 11 is 0. The maximum Gasteiger partial charge on any atom is 0.374 e. The molecule has 12 heavy (non-hydrogen) atoms. The standard InChI is InChI=1S/C10H20OP/c1-7-12(11)10(5,6)8-9(2,3)4/h7H,1,8H2,2-6H3/q+1. The summed E-state index contributed by atoms with van der Waals surface area (Å²) in [4.78, 5) is 0. The van der Waals surface area contributed by atoms with E-state index in [0.717, 1.165) is 6.42 Å². The van der Waals surface area contributed by atoms with Crippen LogP contribution in [-0.2, 0) is 4.57 Å². The Labute approximate surface area is 77.0 Å². The van der Waals surface area contributed by atoms with Gasteiger partial charge in [-0.15, -0.1) is 0 Å². The molecule has 1 unspecified atom stereocenters. The maximum absolute atomic E-state index is 11.5.